The van der Waals surface area contributed by atoms with Crippen molar-refractivity contribution >= 4 is 17.7 Å². The van der Waals surface area contributed by atoms with E-state index in [1.54, 1.807) is 0 Å². The molecule has 2 heterocycles. The molecule has 0 spiro atoms. The number of aliphatic carboxylic acids is 1. The van der Waals surface area contributed by atoms with Crippen LogP contribution in [0.15, 0.2) is 12.2 Å². The molecule has 2 aliphatic rings. The van der Waals surface area contributed by atoms with Crippen molar-refractivity contribution in [1.29, 1.82) is 0 Å². The van der Waals surface area contributed by atoms with Crippen LogP contribution in [0.3, 0.4) is 0 Å². The van der Waals surface area contributed by atoms with Crippen molar-refractivity contribution in [3.05, 3.63) is 12.2 Å². The Bertz CT molecular complexity index is 413. The number of aliphatic hydroxyl groups excluding tert-OH is 1. The normalized spacial score (nSPS) is 28.2. The van der Waals surface area contributed by atoms with Crippen LogP contribution in [0.2, 0.25) is 0 Å². The Morgan fingerprint density at radius 1 is 1.04 bits per heavy atom. The quantitative estimate of drug-likeness (QED) is 0.353. The molecule has 0 aromatic heterocycles. The summed E-state index contributed by atoms with van der Waals surface area (Å²) in [5.74, 6) is 3.06. The number of rotatable bonds is 14. The Balaban J connectivity index is 1.63. The van der Waals surface area contributed by atoms with Crippen LogP contribution in [0.5, 0.6) is 0 Å². The molecule has 0 unspecified atom stereocenters. The first kappa shape index (κ1) is 20.8. The van der Waals surface area contributed by atoms with E-state index in [1.807, 2.05) is 0 Å². The van der Waals surface area contributed by atoms with Gasteiger partial charge in [-0.3, -0.25) is 4.79 Å². The third kappa shape index (κ3) is 7.32. The number of carboxylic acids is 1. The van der Waals surface area contributed by atoms with E-state index in [4.69, 9.17) is 14.9 Å². The summed E-state index contributed by atoms with van der Waals surface area (Å²) in [7, 11) is 0. The second-order valence-corrected chi connectivity index (χ2v) is 8.47. The monoisotopic (exact) mass is 370 g/mol. The number of thioether (sulfide) groups is 1. The van der Waals surface area contributed by atoms with Crippen molar-refractivity contribution in [2.45, 2.75) is 76.4 Å². The van der Waals surface area contributed by atoms with Gasteiger partial charge in [0.1, 0.15) is 0 Å². The maximum Gasteiger partial charge on any atom is 0.303 e. The van der Waals surface area contributed by atoms with Crippen molar-refractivity contribution in [3.63, 3.8) is 0 Å². The third-order valence-corrected chi connectivity index (χ3v) is 6.63. The van der Waals surface area contributed by atoms with Gasteiger partial charge in [-0.1, -0.05) is 25.0 Å². The molecule has 2 N–H and O–H groups in total. The number of allylic oxidation sites excluding steroid dienone is 2. The molecule has 144 valence electrons. The van der Waals surface area contributed by atoms with Crippen molar-refractivity contribution < 1.29 is 19.7 Å². The zero-order chi connectivity index (χ0) is 17.9. The smallest absolute Gasteiger partial charge is 0.303 e. The van der Waals surface area contributed by atoms with Crippen molar-refractivity contribution in [3.8, 4) is 0 Å². The number of carboxylic acid groups (broad SMARTS) is 1. The Hall–Kier alpha value is -0.520. The maximum absolute atomic E-state index is 10.5. The van der Waals surface area contributed by atoms with Gasteiger partial charge >= 0.3 is 5.97 Å². The molecule has 2 rings (SSSR count). The number of hydrogen-bond acceptors (Lipinski definition) is 4. The molecule has 4 atom stereocenters. The first-order valence-corrected chi connectivity index (χ1v) is 11.1. The number of fused-ring (bicyclic) bond motifs is 2. The van der Waals surface area contributed by atoms with Gasteiger partial charge in [-0.05, 0) is 68.3 Å². The van der Waals surface area contributed by atoms with Gasteiger partial charge in [0.25, 0.3) is 0 Å². The maximum atomic E-state index is 10.5. The van der Waals surface area contributed by atoms with Crippen molar-refractivity contribution in [2.24, 2.45) is 11.8 Å². The van der Waals surface area contributed by atoms with Crippen LogP contribution in [0.25, 0.3) is 0 Å². The van der Waals surface area contributed by atoms with E-state index in [2.05, 4.69) is 23.9 Å². The highest BCUT2D eigenvalue weighted by molar-refractivity contribution is 7.99. The summed E-state index contributed by atoms with van der Waals surface area (Å²) < 4.78 is 6.16. The van der Waals surface area contributed by atoms with E-state index < -0.39 is 5.97 Å². The van der Waals surface area contributed by atoms with Gasteiger partial charge in [0.2, 0.25) is 0 Å². The van der Waals surface area contributed by atoms with Crippen LogP contribution < -0.4 is 0 Å². The number of hydrogen-bond donors (Lipinski definition) is 2. The molecular formula is C20H34O4S. The molecule has 2 bridgehead atoms. The molecule has 0 amide bonds. The highest BCUT2D eigenvalue weighted by Gasteiger charge is 2.47. The average Bonchev–Trinajstić information content (AvgIpc) is 3.19. The fourth-order valence-corrected chi connectivity index (χ4v) is 5.37. The van der Waals surface area contributed by atoms with Gasteiger partial charge in [0.15, 0.2) is 0 Å². The molecule has 0 aliphatic carbocycles. The lowest BCUT2D eigenvalue weighted by molar-refractivity contribution is -0.137. The molecule has 0 saturated carbocycles. The van der Waals surface area contributed by atoms with E-state index in [9.17, 15) is 4.79 Å². The zero-order valence-corrected chi connectivity index (χ0v) is 16.1. The predicted octanol–water partition coefficient (Wildman–Crippen LogP) is 4.27. The van der Waals surface area contributed by atoms with Gasteiger partial charge in [-0.15, -0.1) is 0 Å². The van der Waals surface area contributed by atoms with Gasteiger partial charge in [-0.25, -0.2) is 0 Å². The summed E-state index contributed by atoms with van der Waals surface area (Å²) in [4.78, 5) is 10.5. The molecule has 2 saturated heterocycles. The Morgan fingerprint density at radius 2 is 1.80 bits per heavy atom. The second kappa shape index (κ2) is 12.0. The van der Waals surface area contributed by atoms with Crippen molar-refractivity contribution in [1.82, 2.24) is 0 Å². The lowest BCUT2D eigenvalue weighted by Crippen LogP contribution is -2.28. The summed E-state index contributed by atoms with van der Waals surface area (Å²) in [6, 6.07) is 0. The molecule has 0 aromatic carbocycles. The van der Waals surface area contributed by atoms with Gasteiger partial charge in [0.05, 0.1) is 12.2 Å². The molecule has 2 aliphatic heterocycles. The zero-order valence-electron chi connectivity index (χ0n) is 15.3. The molecular weight excluding hydrogens is 336 g/mol. The van der Waals surface area contributed by atoms with Gasteiger partial charge < -0.3 is 14.9 Å². The average molecular weight is 371 g/mol. The third-order valence-electron chi connectivity index (χ3n) is 5.43. The van der Waals surface area contributed by atoms with E-state index in [-0.39, 0.29) is 6.42 Å². The minimum absolute atomic E-state index is 0.263. The van der Waals surface area contributed by atoms with Gasteiger partial charge in [-0.2, -0.15) is 11.8 Å². The van der Waals surface area contributed by atoms with Crippen LogP contribution in [0, 0.1) is 11.8 Å². The highest BCUT2D eigenvalue weighted by atomic mass is 32.2. The molecule has 0 aromatic rings. The van der Waals surface area contributed by atoms with Crippen molar-refractivity contribution in [2.75, 3.05) is 18.1 Å². The SMILES string of the molecule is O=C(O)CCCC=CC[C@@H]1[C@H](CSCCCCCCO)[C@@H]2CC[C@H]1O2. The first-order chi connectivity index (χ1) is 12.2. The van der Waals surface area contributed by atoms with Crippen LogP contribution in [0.1, 0.15) is 64.2 Å². The summed E-state index contributed by atoms with van der Waals surface area (Å²) in [5, 5.41) is 17.5. The number of aliphatic hydroxyl groups is 1. The number of carbonyl (C=O) groups is 1. The summed E-state index contributed by atoms with van der Waals surface area (Å²) in [6.07, 6.45) is 15.3. The molecule has 0 radical (unpaired) electrons. The Labute approximate surface area is 156 Å². The fraction of sp³-hybridized carbons (Fsp3) is 0.850. The van der Waals surface area contributed by atoms with E-state index in [0.717, 1.165) is 32.1 Å². The minimum Gasteiger partial charge on any atom is -0.481 e. The second-order valence-electron chi connectivity index (χ2n) is 7.32. The van der Waals surface area contributed by atoms with Crippen LogP contribution in [-0.4, -0.2) is 46.5 Å². The molecule has 25 heavy (non-hydrogen) atoms. The van der Waals surface area contributed by atoms with E-state index >= 15 is 0 Å². The largest absolute Gasteiger partial charge is 0.481 e. The van der Waals surface area contributed by atoms with Crippen LogP contribution >= 0.6 is 11.8 Å². The topological polar surface area (TPSA) is 66.8 Å². The summed E-state index contributed by atoms with van der Waals surface area (Å²) >= 11 is 2.07. The fourth-order valence-electron chi connectivity index (χ4n) is 4.06. The van der Waals surface area contributed by atoms with Crippen LogP contribution in [0.4, 0.5) is 0 Å². The van der Waals surface area contributed by atoms with Gasteiger partial charge in [0, 0.05) is 13.0 Å². The standard InChI is InChI=1S/C20H34O4S/c21-13-7-3-4-8-14-25-15-17-16(18-11-12-19(17)24-18)9-5-1-2-6-10-20(22)23/h1,5,16-19,21H,2-4,6-15H2,(H,22,23)/t16-,17+,18-,19+/m1/s1. The summed E-state index contributed by atoms with van der Waals surface area (Å²) in [5.41, 5.74) is 0. The first-order valence-electron chi connectivity index (χ1n) is 9.93. The molecule has 2 fully saturated rings. The highest BCUT2D eigenvalue weighted by Crippen LogP contribution is 2.46. The minimum atomic E-state index is -0.705. The lowest BCUT2D eigenvalue weighted by atomic mass is 9.78. The number of ether oxygens (including phenoxy) is 1. The van der Waals surface area contributed by atoms with E-state index in [0.29, 0.717) is 30.7 Å². The summed E-state index contributed by atoms with van der Waals surface area (Å²) in [6.45, 7) is 0.321. The lowest BCUT2D eigenvalue weighted by Gasteiger charge is -2.27. The van der Waals surface area contributed by atoms with Crippen LogP contribution in [-0.2, 0) is 9.53 Å². The number of unbranched alkanes of at least 4 members (excludes halogenated alkanes) is 4. The Kier molecular flexibility index (Phi) is 9.96. The predicted molar refractivity (Wildman–Crippen MR) is 103 cm³/mol. The Morgan fingerprint density at radius 3 is 2.56 bits per heavy atom. The molecule has 5 heteroatoms. The molecule has 4 nitrogen and oxygen atoms in total. The van der Waals surface area contributed by atoms with E-state index in [1.165, 1.54) is 37.2 Å².